The number of ether oxygens (including phenoxy) is 1. The van der Waals surface area contributed by atoms with Crippen LogP contribution in [0.5, 0.6) is 0 Å². The van der Waals surface area contributed by atoms with E-state index in [4.69, 9.17) is 4.74 Å². The molecule has 2 aliphatic rings. The number of hydrogen-bond donors (Lipinski definition) is 0. The van der Waals surface area contributed by atoms with Crippen LogP contribution in [0.25, 0.3) is 0 Å². The Morgan fingerprint density at radius 3 is 2.50 bits per heavy atom. The minimum Gasteiger partial charge on any atom is -0.369 e. The zero-order valence-corrected chi connectivity index (χ0v) is 8.47. The van der Waals surface area contributed by atoms with Crippen LogP contribution in [-0.2, 0) is 4.74 Å². The zero-order valence-electron chi connectivity index (χ0n) is 8.47. The van der Waals surface area contributed by atoms with Gasteiger partial charge in [0.15, 0.2) is 0 Å². The van der Waals surface area contributed by atoms with Crippen LogP contribution < -0.4 is 0 Å². The van der Waals surface area contributed by atoms with E-state index >= 15 is 0 Å². The van der Waals surface area contributed by atoms with Gasteiger partial charge in [-0.15, -0.1) is 0 Å². The molecule has 0 bridgehead atoms. The van der Waals surface area contributed by atoms with Crippen molar-refractivity contribution < 1.29 is 4.74 Å². The van der Waals surface area contributed by atoms with Crippen molar-refractivity contribution in [2.45, 2.75) is 45.6 Å². The first-order valence-corrected chi connectivity index (χ1v) is 5.28. The van der Waals surface area contributed by atoms with Crippen molar-refractivity contribution in [1.29, 1.82) is 0 Å². The van der Waals surface area contributed by atoms with E-state index in [0.29, 0.717) is 5.60 Å². The Labute approximate surface area is 75.5 Å². The Bertz CT molecular complexity index is 170. The first-order valence-electron chi connectivity index (χ1n) is 5.28. The van der Waals surface area contributed by atoms with Crippen LogP contribution >= 0.6 is 0 Å². The quantitative estimate of drug-likeness (QED) is 0.548. The first-order chi connectivity index (χ1) is 5.64. The van der Waals surface area contributed by atoms with Crippen molar-refractivity contribution in [2.75, 3.05) is 6.61 Å². The van der Waals surface area contributed by atoms with Gasteiger partial charge in [0.2, 0.25) is 0 Å². The fraction of sp³-hybridized carbons (Fsp3) is 1.00. The highest BCUT2D eigenvalue weighted by molar-refractivity contribution is 5.02. The van der Waals surface area contributed by atoms with E-state index in [-0.39, 0.29) is 0 Å². The molecular formula is C11H20O. The smallest absolute Gasteiger partial charge is 0.0949 e. The van der Waals surface area contributed by atoms with Gasteiger partial charge in [0, 0.05) is 0 Å². The molecule has 0 aromatic rings. The summed E-state index contributed by atoms with van der Waals surface area (Å²) in [6, 6.07) is 0. The molecule has 1 saturated heterocycles. The second-order valence-electron chi connectivity index (χ2n) is 5.09. The second kappa shape index (κ2) is 2.73. The van der Waals surface area contributed by atoms with E-state index in [9.17, 15) is 0 Å². The number of hydrogen-bond acceptors (Lipinski definition) is 1. The van der Waals surface area contributed by atoms with E-state index in [1.807, 2.05) is 0 Å². The summed E-state index contributed by atoms with van der Waals surface area (Å²) in [6.07, 6.45) is 4.11. The minimum atomic E-state index is 0.339. The van der Waals surface area contributed by atoms with Crippen molar-refractivity contribution in [3.8, 4) is 0 Å². The molecule has 70 valence electrons. The van der Waals surface area contributed by atoms with E-state index in [1.54, 1.807) is 0 Å². The summed E-state index contributed by atoms with van der Waals surface area (Å²) in [5, 5.41) is 0. The topological polar surface area (TPSA) is 12.5 Å². The fourth-order valence-corrected chi connectivity index (χ4v) is 2.94. The summed E-state index contributed by atoms with van der Waals surface area (Å²) in [6.45, 7) is 8.08. The molecule has 0 N–H and O–H groups in total. The predicted octanol–water partition coefficient (Wildman–Crippen LogP) is 2.85. The maximum Gasteiger partial charge on any atom is 0.0949 e. The lowest BCUT2D eigenvalue weighted by Gasteiger charge is -2.35. The highest BCUT2D eigenvalue weighted by atomic mass is 16.6. The van der Waals surface area contributed by atoms with Gasteiger partial charge in [-0.2, -0.15) is 0 Å². The average Bonchev–Trinajstić information content (AvgIpc) is 2.68. The van der Waals surface area contributed by atoms with E-state index in [2.05, 4.69) is 20.8 Å². The Morgan fingerprint density at radius 1 is 1.33 bits per heavy atom. The van der Waals surface area contributed by atoms with E-state index in [0.717, 1.165) is 24.4 Å². The molecule has 0 amide bonds. The number of epoxide rings is 1. The van der Waals surface area contributed by atoms with Gasteiger partial charge in [-0.25, -0.2) is 0 Å². The van der Waals surface area contributed by atoms with Gasteiger partial charge in [-0.05, 0) is 30.6 Å². The molecule has 1 unspecified atom stereocenters. The highest BCUT2D eigenvalue weighted by Gasteiger charge is 2.54. The molecule has 0 radical (unpaired) electrons. The van der Waals surface area contributed by atoms with Gasteiger partial charge < -0.3 is 4.74 Å². The van der Waals surface area contributed by atoms with E-state index < -0.39 is 0 Å². The van der Waals surface area contributed by atoms with Gasteiger partial charge >= 0.3 is 0 Å². The summed E-state index contributed by atoms with van der Waals surface area (Å²) in [4.78, 5) is 0. The third kappa shape index (κ3) is 1.28. The molecule has 0 aromatic carbocycles. The van der Waals surface area contributed by atoms with E-state index in [1.165, 1.54) is 19.3 Å². The molecule has 2 rings (SSSR count). The molecule has 1 heteroatoms. The van der Waals surface area contributed by atoms with Crippen LogP contribution in [0.2, 0.25) is 0 Å². The molecule has 2 fully saturated rings. The molecular weight excluding hydrogens is 148 g/mol. The summed E-state index contributed by atoms with van der Waals surface area (Å²) >= 11 is 0. The van der Waals surface area contributed by atoms with Crippen LogP contribution in [-0.4, -0.2) is 12.2 Å². The van der Waals surface area contributed by atoms with Gasteiger partial charge in [0.05, 0.1) is 12.2 Å². The summed E-state index contributed by atoms with van der Waals surface area (Å²) in [7, 11) is 0. The van der Waals surface area contributed by atoms with Crippen LogP contribution in [0.4, 0.5) is 0 Å². The van der Waals surface area contributed by atoms with Crippen molar-refractivity contribution in [3.05, 3.63) is 0 Å². The molecule has 1 heterocycles. The molecule has 12 heavy (non-hydrogen) atoms. The van der Waals surface area contributed by atoms with Crippen LogP contribution in [0, 0.1) is 17.8 Å². The third-order valence-electron chi connectivity index (χ3n) is 3.66. The second-order valence-corrected chi connectivity index (χ2v) is 5.09. The lowest BCUT2D eigenvalue weighted by atomic mass is 9.70. The number of rotatable bonds is 1. The molecule has 1 saturated carbocycles. The SMILES string of the molecule is CC(C)[C@H]1CC[C@H](C)CC12CO2. The Balaban J connectivity index is 2.05. The van der Waals surface area contributed by atoms with Crippen molar-refractivity contribution in [1.82, 2.24) is 0 Å². The summed E-state index contributed by atoms with van der Waals surface area (Å²) in [5.41, 5.74) is 0.339. The van der Waals surface area contributed by atoms with Gasteiger partial charge in [0.1, 0.15) is 0 Å². The Morgan fingerprint density at radius 2 is 2.00 bits per heavy atom. The van der Waals surface area contributed by atoms with Crippen molar-refractivity contribution in [2.24, 2.45) is 17.8 Å². The summed E-state index contributed by atoms with van der Waals surface area (Å²) in [5.74, 6) is 2.54. The molecule has 1 aliphatic heterocycles. The fourth-order valence-electron chi connectivity index (χ4n) is 2.94. The highest BCUT2D eigenvalue weighted by Crippen LogP contribution is 2.50. The van der Waals surface area contributed by atoms with Gasteiger partial charge in [-0.3, -0.25) is 0 Å². The largest absolute Gasteiger partial charge is 0.369 e. The third-order valence-corrected chi connectivity index (χ3v) is 3.66. The van der Waals surface area contributed by atoms with Crippen LogP contribution in [0.3, 0.4) is 0 Å². The van der Waals surface area contributed by atoms with Crippen LogP contribution in [0.1, 0.15) is 40.0 Å². The average molecular weight is 168 g/mol. The molecule has 1 nitrogen and oxygen atoms in total. The monoisotopic (exact) mass is 168 g/mol. The van der Waals surface area contributed by atoms with Gasteiger partial charge in [-0.1, -0.05) is 27.2 Å². The minimum absolute atomic E-state index is 0.339. The lowest BCUT2D eigenvalue weighted by molar-refractivity contribution is 0.0953. The summed E-state index contributed by atoms with van der Waals surface area (Å²) < 4.78 is 5.68. The predicted molar refractivity (Wildman–Crippen MR) is 50.0 cm³/mol. The molecule has 1 aliphatic carbocycles. The standard InChI is InChI=1S/C11H20O/c1-8(2)10-5-4-9(3)6-11(10)7-12-11/h8-10H,4-7H2,1-3H3/t9-,10+,11?/m0/s1. The lowest BCUT2D eigenvalue weighted by Crippen LogP contribution is -2.35. The maximum absolute atomic E-state index is 5.68. The first kappa shape index (κ1) is 8.55. The maximum atomic E-state index is 5.68. The van der Waals surface area contributed by atoms with Gasteiger partial charge in [0.25, 0.3) is 0 Å². The Hall–Kier alpha value is -0.0400. The Kier molecular flexibility index (Phi) is 1.95. The van der Waals surface area contributed by atoms with Crippen LogP contribution in [0.15, 0.2) is 0 Å². The van der Waals surface area contributed by atoms with Crippen molar-refractivity contribution in [3.63, 3.8) is 0 Å². The molecule has 1 spiro atoms. The normalized spacial score (nSPS) is 47.0. The molecule has 0 aromatic heterocycles. The van der Waals surface area contributed by atoms with Crippen molar-refractivity contribution >= 4 is 0 Å². The zero-order chi connectivity index (χ0) is 8.77. The molecule has 3 atom stereocenters.